The van der Waals surface area contributed by atoms with Crippen LogP contribution in [0.1, 0.15) is 219 Å². The third-order valence-corrected chi connectivity index (χ3v) is 16.4. The summed E-state index contributed by atoms with van der Waals surface area (Å²) >= 11 is 0. The summed E-state index contributed by atoms with van der Waals surface area (Å²) in [5.41, 5.74) is 2.85. The molecule has 6 fully saturated rings. The summed E-state index contributed by atoms with van der Waals surface area (Å²) in [6.45, 7) is 8.74. The number of amides is 5. The van der Waals surface area contributed by atoms with Gasteiger partial charge in [-0.2, -0.15) is 29.7 Å². The fourth-order valence-electron chi connectivity index (χ4n) is 9.98. The van der Waals surface area contributed by atoms with Crippen LogP contribution in [0.4, 0.5) is 14.4 Å². The van der Waals surface area contributed by atoms with Crippen molar-refractivity contribution in [1.29, 1.82) is 0 Å². The van der Waals surface area contributed by atoms with Crippen molar-refractivity contribution in [3.05, 3.63) is 0 Å². The summed E-state index contributed by atoms with van der Waals surface area (Å²) in [5, 5.41) is 10.4. The second kappa shape index (κ2) is 86.9. The molecule has 21 heteroatoms. The number of hydrogen-bond donors (Lipinski definition) is 4. The van der Waals surface area contributed by atoms with E-state index in [9.17, 15) is 14.4 Å². The molecule has 0 saturated heterocycles. The Labute approximate surface area is 565 Å². The topological polar surface area (TPSA) is 112 Å². The van der Waals surface area contributed by atoms with Gasteiger partial charge in [-0.15, -0.1) is 105 Å². The Balaban J connectivity index is -0.0000000720. The molecule has 477 valence electrons. The van der Waals surface area contributed by atoms with E-state index < -0.39 is 6.09 Å². The third kappa shape index (κ3) is 65.5. The van der Waals surface area contributed by atoms with Crippen LogP contribution in [0.15, 0.2) is 0 Å². The van der Waals surface area contributed by atoms with Crippen LogP contribution in [0, 0.1) is 94.8 Å². The molecular weight excluding hydrogens is 1250 g/mol. The predicted molar refractivity (Wildman–Crippen MR) is 383 cm³/mol. The van der Waals surface area contributed by atoms with Gasteiger partial charge in [0.05, 0.1) is 0 Å². The van der Waals surface area contributed by atoms with Crippen molar-refractivity contribution in [2.45, 2.75) is 249 Å². The van der Waals surface area contributed by atoms with Gasteiger partial charge in [-0.1, -0.05) is 156 Å². The minimum Gasteiger partial charge on any atom is -0.523 e. The SMILES string of the molecule is C#C.C#C.C#C.C#C.C#C.C#C.CCCC1CCCC1P.CCCC1CCCC1P.CCCC1CCCC1P.P.P.P.[3H]CCNC(=O)N(C)[B]C1CCCC1.[3H]CCNC(=O)N[B]C1CCCC1.[3H]CCNC(=O)O[B]C1CCCC1.[Fe].[Fe].[Fe]. The van der Waals surface area contributed by atoms with Gasteiger partial charge in [0.1, 0.15) is 0 Å². The number of nitrogens with one attached hydrogen (secondary N) is 4. The molecule has 12 atom stereocenters. The van der Waals surface area contributed by atoms with E-state index in [-0.39, 0.29) is 114 Å². The number of rotatable bonds is 15. The van der Waals surface area contributed by atoms with Gasteiger partial charge in [0.2, 0.25) is 0 Å². The second-order valence-corrected chi connectivity index (χ2v) is 21.7. The van der Waals surface area contributed by atoms with E-state index in [2.05, 4.69) is 147 Å². The van der Waals surface area contributed by atoms with Gasteiger partial charge in [0.15, 0.2) is 0 Å². The number of terminal acetylenes is 6. The molecule has 3 radical (unpaired) electrons. The molecule has 6 aliphatic rings. The van der Waals surface area contributed by atoms with Crippen molar-refractivity contribution in [2.75, 3.05) is 26.7 Å². The van der Waals surface area contributed by atoms with E-state index >= 15 is 0 Å². The fraction of sp³-hybridized carbons (Fsp3) is 0.754. The number of carbonyl (C=O) groups excluding carboxylic acids is 3. The molecule has 0 aliphatic heterocycles. The molecule has 0 heterocycles. The number of hydrogen-bond acceptors (Lipinski definition) is 4. The minimum absolute atomic E-state index is 0. The first-order valence-electron chi connectivity index (χ1n) is 30.2. The zero-order valence-corrected chi connectivity index (χ0v) is 62.7. The molecule has 0 aromatic heterocycles. The van der Waals surface area contributed by atoms with Crippen molar-refractivity contribution in [1.82, 2.24) is 26.0 Å². The number of carbonyl (C=O) groups is 3. The second-order valence-electron chi connectivity index (χ2n) is 19.1. The van der Waals surface area contributed by atoms with Crippen LogP contribution in [0.2, 0.25) is 17.5 Å². The normalized spacial score (nSPS) is 20.1. The van der Waals surface area contributed by atoms with Gasteiger partial charge in [0.25, 0.3) is 14.8 Å². The summed E-state index contributed by atoms with van der Waals surface area (Å²) in [7, 11) is 16.3. The first kappa shape index (κ1) is 100. The van der Waals surface area contributed by atoms with E-state index in [0.717, 1.165) is 47.6 Å². The van der Waals surface area contributed by atoms with E-state index in [1.54, 1.807) is 19.3 Å². The van der Waals surface area contributed by atoms with Crippen LogP contribution < -0.4 is 21.2 Å². The molecule has 6 rings (SSSR count). The Morgan fingerprint density at radius 2 is 0.805 bits per heavy atom. The van der Waals surface area contributed by atoms with Gasteiger partial charge in [0, 0.05) is 75.0 Å². The fourth-order valence-corrected chi connectivity index (χ4v) is 11.8. The quantitative estimate of drug-likeness (QED) is 0.0743. The summed E-state index contributed by atoms with van der Waals surface area (Å²) in [6.07, 6.45) is 83.9. The van der Waals surface area contributed by atoms with Crippen LogP contribution in [0.25, 0.3) is 0 Å². The number of nitrogens with zero attached hydrogens (tertiary/aromatic N) is 1. The monoisotopic (exact) mass is 1380 g/mol. The molecule has 0 aromatic carbocycles. The van der Waals surface area contributed by atoms with Crippen molar-refractivity contribution in [3.63, 3.8) is 0 Å². The van der Waals surface area contributed by atoms with Crippen molar-refractivity contribution >= 4 is 97.9 Å². The predicted octanol–water partition coefficient (Wildman–Crippen LogP) is 14.8. The number of urea groups is 2. The minimum atomic E-state index is -0.431. The maximum atomic E-state index is 11.4. The van der Waals surface area contributed by atoms with E-state index in [1.807, 2.05) is 14.8 Å². The molecule has 6 saturated carbocycles. The molecule has 9 nitrogen and oxygen atoms in total. The average molecular weight is 1380 g/mol. The Kier molecular flexibility index (Phi) is 107. The van der Waals surface area contributed by atoms with Crippen LogP contribution in [-0.4, -0.2) is 88.9 Å². The Morgan fingerprint density at radius 1 is 0.488 bits per heavy atom. The largest absolute Gasteiger partial charge is 0.523 e. The van der Waals surface area contributed by atoms with Gasteiger partial charge in [-0.05, 0) is 118 Å². The molecule has 12 unspecified atom stereocenters. The first-order valence-corrected chi connectivity index (χ1v) is 30.1. The third-order valence-electron chi connectivity index (χ3n) is 13.7. The van der Waals surface area contributed by atoms with E-state index in [1.165, 1.54) is 161 Å². The van der Waals surface area contributed by atoms with E-state index in [4.69, 9.17) is 8.77 Å². The zero-order valence-electron chi connectivity index (χ0n) is 54.7. The summed E-state index contributed by atoms with van der Waals surface area (Å²) in [5.74, 6) is 4.70. The maximum absolute atomic E-state index is 11.4. The van der Waals surface area contributed by atoms with Crippen molar-refractivity contribution in [2.24, 2.45) is 17.8 Å². The van der Waals surface area contributed by atoms with Gasteiger partial charge < -0.3 is 30.6 Å². The first-order chi connectivity index (χ1) is 38.4. The summed E-state index contributed by atoms with van der Waals surface area (Å²) < 4.78 is 25.4. The maximum Gasteiger partial charge on any atom is 0.388 e. The summed E-state index contributed by atoms with van der Waals surface area (Å²) in [4.78, 5) is 34.9. The molecule has 0 aromatic rings. The van der Waals surface area contributed by atoms with Gasteiger partial charge >= 0.3 is 25.6 Å². The zero-order chi connectivity index (χ0) is 61.5. The van der Waals surface area contributed by atoms with Gasteiger partial charge in [-0.3, -0.25) is 9.59 Å². The van der Waals surface area contributed by atoms with Crippen LogP contribution in [0.3, 0.4) is 0 Å². The average Bonchev–Trinajstić information content (AvgIpc) is 4.39. The van der Waals surface area contributed by atoms with Crippen molar-refractivity contribution < 1.29 is 74.4 Å². The smallest absolute Gasteiger partial charge is 0.388 e. The standard InChI is InChI=1S/C9H18BN2O.C8H16BN2O.C8H15BNO2.3C8H17P.6C2H2.3Fe.3H3P/c1-3-11-9(13)12(2)10-8-6-4-5-7-8;1-2-10-8(12)11-9-7-5-3-4-6-7;1-2-10-8(11)12-9-7-5-3-4-6-7;3*1-2-4-7-5-3-6-8(7)9;6*1-2;;;;;;/h8H,3-7H2,1-2H3,(H,11,13);7H,2-6H2,1H3,(H2,10,11,12);7H,2-6H2,1H3,(H,10,11);3*7-8H,2-6,9H2,1H3;6*1-2H;;;;3*1H3/i3*1T;;;;;;;;;;;;;;;. The Hall–Kier alpha value is -0.497. The Morgan fingerprint density at radius 3 is 1.12 bits per heavy atom. The van der Waals surface area contributed by atoms with Crippen LogP contribution in [-0.2, 0) is 55.9 Å². The van der Waals surface area contributed by atoms with Crippen molar-refractivity contribution in [3.8, 4) is 77.1 Å². The van der Waals surface area contributed by atoms with Crippen LogP contribution >= 0.6 is 57.4 Å². The molecule has 0 bridgehead atoms. The van der Waals surface area contributed by atoms with Gasteiger partial charge in [-0.25, -0.2) is 4.79 Å². The molecule has 5 amide bonds. The molecule has 82 heavy (non-hydrogen) atoms. The molecular formula is C61H121B3Fe3N5O4P6. The molecule has 6 aliphatic carbocycles. The summed E-state index contributed by atoms with van der Waals surface area (Å²) in [6, 6.07) is -0.275. The molecule has 0 spiro atoms. The molecule has 4 N–H and O–H groups in total. The Bertz CT molecular complexity index is 1380. The van der Waals surface area contributed by atoms with E-state index in [0.29, 0.717) is 37.1 Å². The van der Waals surface area contributed by atoms with Crippen LogP contribution in [0.5, 0.6) is 0 Å².